The molecule has 2 saturated heterocycles. The summed E-state index contributed by atoms with van der Waals surface area (Å²) in [5.74, 6) is -3.78. The lowest BCUT2D eigenvalue weighted by Crippen LogP contribution is -2.58. The standard InChI is InChI=1S/C17H24F2N2O3/c1-24-9-8-20-7-6-16(15(20)23)10-17(18,19)12-21(11-16)14(22)13-4-2-3-5-13/h2-3,13H,4-12H2,1H3. The highest BCUT2D eigenvalue weighted by atomic mass is 19.3. The third-order valence-electron chi connectivity index (χ3n) is 5.35. The number of allylic oxidation sites excluding steroid dienone is 2. The summed E-state index contributed by atoms with van der Waals surface area (Å²) in [5.41, 5.74) is -1.14. The number of piperidine rings is 1. The Morgan fingerprint density at radius 3 is 2.71 bits per heavy atom. The zero-order valence-electron chi connectivity index (χ0n) is 14.0. The van der Waals surface area contributed by atoms with Gasteiger partial charge >= 0.3 is 0 Å². The number of carbonyl (C=O) groups excluding carboxylic acids is 2. The van der Waals surface area contributed by atoms with Crippen LogP contribution in [-0.2, 0) is 14.3 Å². The minimum atomic E-state index is -3.02. The van der Waals surface area contributed by atoms with Gasteiger partial charge in [0.2, 0.25) is 11.8 Å². The molecule has 2 heterocycles. The number of halogens is 2. The minimum Gasteiger partial charge on any atom is -0.383 e. The van der Waals surface area contributed by atoms with Gasteiger partial charge in [0.05, 0.1) is 18.6 Å². The normalized spacial score (nSPS) is 29.9. The maximum absolute atomic E-state index is 14.3. The van der Waals surface area contributed by atoms with Crippen molar-refractivity contribution in [2.45, 2.75) is 31.6 Å². The van der Waals surface area contributed by atoms with Gasteiger partial charge < -0.3 is 14.5 Å². The lowest BCUT2D eigenvalue weighted by atomic mass is 9.76. The van der Waals surface area contributed by atoms with E-state index in [-0.39, 0.29) is 24.3 Å². The van der Waals surface area contributed by atoms with Gasteiger partial charge in [-0.15, -0.1) is 0 Å². The SMILES string of the molecule is COCCN1CCC2(CN(C(=O)C3CC=CC3)CC(F)(F)C2)C1=O. The molecule has 2 amide bonds. The van der Waals surface area contributed by atoms with Gasteiger partial charge in [-0.25, -0.2) is 8.78 Å². The number of amides is 2. The molecule has 0 saturated carbocycles. The van der Waals surface area contributed by atoms with Crippen LogP contribution < -0.4 is 0 Å². The summed E-state index contributed by atoms with van der Waals surface area (Å²) >= 11 is 0. The van der Waals surface area contributed by atoms with E-state index in [1.54, 1.807) is 12.0 Å². The van der Waals surface area contributed by atoms with Gasteiger partial charge in [0.25, 0.3) is 5.92 Å². The summed E-state index contributed by atoms with van der Waals surface area (Å²) in [6, 6.07) is 0. The first kappa shape index (κ1) is 17.3. The molecule has 24 heavy (non-hydrogen) atoms. The molecule has 0 bridgehead atoms. The molecule has 134 valence electrons. The van der Waals surface area contributed by atoms with Crippen LogP contribution in [0.2, 0.25) is 0 Å². The monoisotopic (exact) mass is 342 g/mol. The summed E-state index contributed by atoms with van der Waals surface area (Å²) in [6.45, 7) is 0.776. The number of nitrogens with zero attached hydrogens (tertiary/aromatic N) is 2. The van der Waals surface area contributed by atoms with E-state index in [4.69, 9.17) is 4.74 Å². The van der Waals surface area contributed by atoms with Crippen LogP contribution in [0.25, 0.3) is 0 Å². The average Bonchev–Trinajstić information content (AvgIpc) is 3.14. The highest BCUT2D eigenvalue weighted by Gasteiger charge is 2.57. The second kappa shape index (κ2) is 6.43. The van der Waals surface area contributed by atoms with E-state index in [0.717, 1.165) is 0 Å². The van der Waals surface area contributed by atoms with Gasteiger partial charge in [0.15, 0.2) is 0 Å². The van der Waals surface area contributed by atoms with Crippen molar-refractivity contribution in [3.8, 4) is 0 Å². The molecule has 2 fully saturated rings. The quantitative estimate of drug-likeness (QED) is 0.731. The zero-order valence-corrected chi connectivity index (χ0v) is 14.0. The van der Waals surface area contributed by atoms with Gasteiger partial charge in [-0.05, 0) is 19.3 Å². The summed E-state index contributed by atoms with van der Waals surface area (Å²) in [5, 5.41) is 0. The first-order chi connectivity index (χ1) is 11.4. The van der Waals surface area contributed by atoms with Crippen molar-refractivity contribution in [3.05, 3.63) is 12.2 Å². The summed E-state index contributed by atoms with van der Waals surface area (Å²) < 4.78 is 33.7. The Morgan fingerprint density at radius 2 is 2.04 bits per heavy atom. The fourth-order valence-electron chi connectivity index (χ4n) is 4.16. The molecule has 3 rings (SSSR count). The van der Waals surface area contributed by atoms with Crippen molar-refractivity contribution < 1.29 is 23.1 Å². The molecule has 0 aromatic rings. The van der Waals surface area contributed by atoms with E-state index >= 15 is 0 Å². The van der Waals surface area contributed by atoms with Crippen molar-refractivity contribution >= 4 is 11.8 Å². The van der Waals surface area contributed by atoms with Crippen molar-refractivity contribution in [2.24, 2.45) is 11.3 Å². The Morgan fingerprint density at radius 1 is 1.33 bits per heavy atom. The smallest absolute Gasteiger partial charge is 0.266 e. The predicted molar refractivity (Wildman–Crippen MR) is 83.5 cm³/mol. The fourth-order valence-corrected chi connectivity index (χ4v) is 4.16. The summed E-state index contributed by atoms with van der Waals surface area (Å²) in [7, 11) is 1.54. The molecule has 1 atom stereocenters. The first-order valence-corrected chi connectivity index (χ1v) is 8.47. The lowest BCUT2D eigenvalue weighted by molar-refractivity contribution is -0.165. The minimum absolute atomic E-state index is 0.111. The van der Waals surface area contributed by atoms with E-state index in [2.05, 4.69) is 0 Å². The second-order valence-corrected chi connectivity index (χ2v) is 7.18. The number of methoxy groups -OCH3 is 1. The summed E-state index contributed by atoms with van der Waals surface area (Å²) in [4.78, 5) is 28.2. The van der Waals surface area contributed by atoms with Gasteiger partial charge in [-0.3, -0.25) is 9.59 Å². The van der Waals surface area contributed by atoms with Crippen LogP contribution in [0, 0.1) is 11.3 Å². The summed E-state index contributed by atoms with van der Waals surface area (Å²) in [6.07, 6.45) is 4.93. The molecule has 0 N–H and O–H groups in total. The molecule has 1 unspecified atom stereocenters. The van der Waals surface area contributed by atoms with E-state index in [0.29, 0.717) is 39.0 Å². The molecule has 0 radical (unpaired) electrons. The number of ether oxygens (including phenoxy) is 1. The number of likely N-dealkylation sites (tertiary alicyclic amines) is 2. The molecule has 5 nitrogen and oxygen atoms in total. The molecule has 1 aliphatic carbocycles. The Labute approximate surface area is 140 Å². The Balaban J connectivity index is 1.76. The fraction of sp³-hybridized carbons (Fsp3) is 0.765. The third kappa shape index (κ3) is 3.18. The Kier molecular flexibility index (Phi) is 4.64. The highest BCUT2D eigenvalue weighted by Crippen LogP contribution is 2.46. The van der Waals surface area contributed by atoms with E-state index in [1.165, 1.54) is 4.90 Å². The van der Waals surface area contributed by atoms with Crippen molar-refractivity contribution in [2.75, 3.05) is 39.9 Å². The third-order valence-corrected chi connectivity index (χ3v) is 5.35. The van der Waals surface area contributed by atoms with Crippen LogP contribution in [0.1, 0.15) is 25.7 Å². The van der Waals surface area contributed by atoms with Crippen LogP contribution in [0.15, 0.2) is 12.2 Å². The maximum Gasteiger partial charge on any atom is 0.266 e. The van der Waals surface area contributed by atoms with E-state index in [9.17, 15) is 18.4 Å². The molecular formula is C17H24F2N2O3. The van der Waals surface area contributed by atoms with Crippen molar-refractivity contribution in [3.63, 3.8) is 0 Å². The van der Waals surface area contributed by atoms with Gasteiger partial charge in [0.1, 0.15) is 0 Å². The predicted octanol–water partition coefficient (Wildman–Crippen LogP) is 1.69. The molecule has 3 aliphatic rings. The van der Waals surface area contributed by atoms with Crippen LogP contribution in [0.5, 0.6) is 0 Å². The van der Waals surface area contributed by atoms with Gasteiger partial charge in [0, 0.05) is 39.1 Å². The largest absolute Gasteiger partial charge is 0.383 e. The molecule has 0 aromatic carbocycles. The maximum atomic E-state index is 14.3. The van der Waals surface area contributed by atoms with Crippen LogP contribution in [0.3, 0.4) is 0 Å². The Hall–Kier alpha value is -1.50. The molecular weight excluding hydrogens is 318 g/mol. The molecule has 1 spiro atoms. The zero-order chi connectivity index (χ0) is 17.4. The first-order valence-electron chi connectivity index (χ1n) is 8.47. The number of hydrogen-bond donors (Lipinski definition) is 0. The van der Waals surface area contributed by atoms with E-state index < -0.39 is 24.3 Å². The van der Waals surface area contributed by atoms with Crippen LogP contribution in [0.4, 0.5) is 8.78 Å². The second-order valence-electron chi connectivity index (χ2n) is 7.18. The average molecular weight is 342 g/mol. The molecule has 7 heteroatoms. The number of alkyl halides is 2. The van der Waals surface area contributed by atoms with E-state index in [1.807, 2.05) is 12.2 Å². The highest BCUT2D eigenvalue weighted by molar-refractivity contribution is 5.87. The molecule has 2 aliphatic heterocycles. The van der Waals surface area contributed by atoms with Crippen molar-refractivity contribution in [1.29, 1.82) is 0 Å². The lowest BCUT2D eigenvalue weighted by Gasteiger charge is -2.43. The molecule has 0 aromatic heterocycles. The number of hydrogen-bond acceptors (Lipinski definition) is 3. The number of carbonyl (C=O) groups is 2. The van der Waals surface area contributed by atoms with Gasteiger partial charge in [-0.1, -0.05) is 12.2 Å². The van der Waals surface area contributed by atoms with Crippen LogP contribution in [-0.4, -0.2) is 67.4 Å². The Bertz CT molecular complexity index is 544. The van der Waals surface area contributed by atoms with Crippen molar-refractivity contribution in [1.82, 2.24) is 9.80 Å². The van der Waals surface area contributed by atoms with Gasteiger partial charge in [-0.2, -0.15) is 0 Å². The van der Waals surface area contributed by atoms with Crippen LogP contribution >= 0.6 is 0 Å². The number of rotatable bonds is 4. The topological polar surface area (TPSA) is 49.9 Å².